The Labute approximate surface area is 130 Å². The second kappa shape index (κ2) is 7.31. The highest BCUT2D eigenvalue weighted by Crippen LogP contribution is 2.37. The highest BCUT2D eigenvalue weighted by atomic mass is 15.1. The Morgan fingerprint density at radius 2 is 1.95 bits per heavy atom. The van der Waals surface area contributed by atoms with Crippen LogP contribution in [0.15, 0.2) is 24.3 Å². The predicted octanol–water partition coefficient (Wildman–Crippen LogP) is 4.91. The van der Waals surface area contributed by atoms with Crippen LogP contribution in [0.25, 0.3) is 0 Å². The largest absolute Gasteiger partial charge is 0.382 e. The third kappa shape index (κ3) is 4.47. The fraction of sp³-hybridized carbons (Fsp3) is 0.684. The second-order valence-electron chi connectivity index (χ2n) is 7.09. The lowest BCUT2D eigenvalue weighted by molar-refractivity contribution is 0.217. The van der Waals surface area contributed by atoms with E-state index in [9.17, 15) is 0 Å². The van der Waals surface area contributed by atoms with Crippen LogP contribution < -0.4 is 5.32 Å². The van der Waals surface area contributed by atoms with Crippen LogP contribution in [0.2, 0.25) is 0 Å². The maximum absolute atomic E-state index is 3.80. The quantitative estimate of drug-likeness (QED) is 0.800. The summed E-state index contributed by atoms with van der Waals surface area (Å²) in [5, 5.41) is 3.80. The summed E-state index contributed by atoms with van der Waals surface area (Å²) in [5.74, 6) is 0. The monoisotopic (exact) mass is 288 g/mol. The zero-order valence-corrected chi connectivity index (χ0v) is 14.3. The van der Waals surface area contributed by atoms with Crippen molar-refractivity contribution in [3.63, 3.8) is 0 Å². The Morgan fingerprint density at radius 3 is 2.62 bits per heavy atom. The van der Waals surface area contributed by atoms with Gasteiger partial charge in [-0.3, -0.25) is 4.90 Å². The van der Waals surface area contributed by atoms with Crippen LogP contribution >= 0.6 is 0 Å². The SMILES string of the molecule is CCN(CC)Cc1cccc(NC2CCCCC2(C)C)c1. The number of rotatable bonds is 6. The van der Waals surface area contributed by atoms with Crippen molar-refractivity contribution in [1.82, 2.24) is 4.90 Å². The topological polar surface area (TPSA) is 15.3 Å². The van der Waals surface area contributed by atoms with Gasteiger partial charge in [0.2, 0.25) is 0 Å². The summed E-state index contributed by atoms with van der Waals surface area (Å²) in [6, 6.07) is 9.60. The van der Waals surface area contributed by atoms with E-state index in [1.807, 2.05) is 0 Å². The first-order chi connectivity index (χ1) is 10.0. The maximum Gasteiger partial charge on any atom is 0.0345 e. The van der Waals surface area contributed by atoms with Crippen molar-refractivity contribution in [3.05, 3.63) is 29.8 Å². The molecule has 1 aromatic rings. The lowest BCUT2D eigenvalue weighted by Crippen LogP contribution is -2.38. The van der Waals surface area contributed by atoms with Gasteiger partial charge in [-0.05, 0) is 49.0 Å². The second-order valence-corrected chi connectivity index (χ2v) is 7.09. The van der Waals surface area contributed by atoms with Crippen LogP contribution in [-0.4, -0.2) is 24.0 Å². The first-order valence-corrected chi connectivity index (χ1v) is 8.63. The average Bonchev–Trinajstić information content (AvgIpc) is 2.47. The first-order valence-electron chi connectivity index (χ1n) is 8.63. The predicted molar refractivity (Wildman–Crippen MR) is 92.7 cm³/mol. The number of benzene rings is 1. The third-order valence-electron chi connectivity index (χ3n) is 5.08. The van der Waals surface area contributed by atoms with Gasteiger partial charge in [-0.15, -0.1) is 0 Å². The molecule has 0 spiro atoms. The highest BCUT2D eigenvalue weighted by molar-refractivity contribution is 5.47. The van der Waals surface area contributed by atoms with E-state index in [1.165, 1.54) is 36.9 Å². The molecule has 0 aliphatic heterocycles. The van der Waals surface area contributed by atoms with Crippen molar-refractivity contribution < 1.29 is 0 Å². The van der Waals surface area contributed by atoms with Crippen molar-refractivity contribution in [3.8, 4) is 0 Å². The van der Waals surface area contributed by atoms with Crippen molar-refractivity contribution in [2.75, 3.05) is 18.4 Å². The van der Waals surface area contributed by atoms with Gasteiger partial charge in [0.1, 0.15) is 0 Å². The minimum atomic E-state index is 0.410. The van der Waals surface area contributed by atoms with Gasteiger partial charge in [0, 0.05) is 18.3 Å². The molecule has 1 fully saturated rings. The normalized spacial score (nSPS) is 21.5. The van der Waals surface area contributed by atoms with Crippen LogP contribution in [0, 0.1) is 5.41 Å². The molecule has 21 heavy (non-hydrogen) atoms. The van der Waals surface area contributed by atoms with E-state index < -0.39 is 0 Å². The average molecular weight is 288 g/mol. The molecule has 0 amide bonds. The molecular formula is C19H32N2. The number of nitrogens with zero attached hydrogens (tertiary/aromatic N) is 1. The molecule has 0 saturated heterocycles. The third-order valence-corrected chi connectivity index (χ3v) is 5.08. The molecule has 0 heterocycles. The van der Waals surface area contributed by atoms with Crippen molar-refractivity contribution in [1.29, 1.82) is 0 Å². The molecule has 118 valence electrons. The van der Waals surface area contributed by atoms with E-state index in [0.717, 1.165) is 19.6 Å². The molecule has 0 aromatic heterocycles. The molecule has 1 atom stereocenters. The number of anilines is 1. The summed E-state index contributed by atoms with van der Waals surface area (Å²) in [6.45, 7) is 12.6. The minimum Gasteiger partial charge on any atom is -0.382 e. The highest BCUT2D eigenvalue weighted by Gasteiger charge is 2.31. The van der Waals surface area contributed by atoms with E-state index in [4.69, 9.17) is 0 Å². The van der Waals surface area contributed by atoms with Crippen molar-refractivity contribution in [2.45, 2.75) is 66.0 Å². The Bertz CT molecular complexity index is 435. The molecule has 1 aromatic carbocycles. The van der Waals surface area contributed by atoms with Crippen LogP contribution in [0.5, 0.6) is 0 Å². The van der Waals surface area contributed by atoms with Gasteiger partial charge in [-0.2, -0.15) is 0 Å². The number of hydrogen-bond acceptors (Lipinski definition) is 2. The Balaban J connectivity index is 2.03. The standard InChI is InChI=1S/C19H32N2/c1-5-21(6-2)15-16-10-9-11-17(14-16)20-18-12-7-8-13-19(18,3)4/h9-11,14,18,20H,5-8,12-13,15H2,1-4H3. The summed E-state index contributed by atoms with van der Waals surface area (Å²) in [5.41, 5.74) is 3.12. The molecule has 2 nitrogen and oxygen atoms in total. The lowest BCUT2D eigenvalue weighted by atomic mass is 9.73. The van der Waals surface area contributed by atoms with Crippen molar-refractivity contribution >= 4 is 5.69 Å². The van der Waals surface area contributed by atoms with Crippen LogP contribution in [-0.2, 0) is 6.54 Å². The van der Waals surface area contributed by atoms with Gasteiger partial charge < -0.3 is 5.32 Å². The van der Waals surface area contributed by atoms with Gasteiger partial charge in [0.15, 0.2) is 0 Å². The molecule has 1 N–H and O–H groups in total. The molecule has 2 heteroatoms. The van der Waals surface area contributed by atoms with E-state index in [-0.39, 0.29) is 0 Å². The Morgan fingerprint density at radius 1 is 1.19 bits per heavy atom. The van der Waals surface area contributed by atoms with E-state index in [2.05, 4.69) is 62.2 Å². The van der Waals surface area contributed by atoms with Crippen LogP contribution in [0.1, 0.15) is 58.9 Å². The van der Waals surface area contributed by atoms with E-state index >= 15 is 0 Å². The fourth-order valence-electron chi connectivity index (χ4n) is 3.43. The van der Waals surface area contributed by atoms with Gasteiger partial charge in [-0.25, -0.2) is 0 Å². The molecule has 1 aliphatic rings. The summed E-state index contributed by atoms with van der Waals surface area (Å²) in [7, 11) is 0. The molecule has 0 radical (unpaired) electrons. The van der Waals surface area contributed by atoms with Gasteiger partial charge in [-0.1, -0.05) is 52.7 Å². The molecule has 1 unspecified atom stereocenters. The molecule has 1 aliphatic carbocycles. The molecular weight excluding hydrogens is 256 g/mol. The number of hydrogen-bond donors (Lipinski definition) is 1. The number of nitrogens with one attached hydrogen (secondary N) is 1. The first kappa shape index (κ1) is 16.4. The van der Waals surface area contributed by atoms with Gasteiger partial charge in [0.05, 0.1) is 0 Å². The smallest absolute Gasteiger partial charge is 0.0345 e. The fourth-order valence-corrected chi connectivity index (χ4v) is 3.43. The van der Waals surface area contributed by atoms with Gasteiger partial charge in [0.25, 0.3) is 0 Å². The summed E-state index contributed by atoms with van der Waals surface area (Å²) in [6.07, 6.45) is 5.38. The lowest BCUT2D eigenvalue weighted by Gasteiger charge is -2.39. The molecule has 2 rings (SSSR count). The van der Waals surface area contributed by atoms with Crippen LogP contribution in [0.4, 0.5) is 5.69 Å². The minimum absolute atomic E-state index is 0.410. The maximum atomic E-state index is 3.80. The zero-order valence-electron chi connectivity index (χ0n) is 14.3. The zero-order chi connectivity index (χ0) is 15.3. The summed E-state index contributed by atoms with van der Waals surface area (Å²) < 4.78 is 0. The Hall–Kier alpha value is -1.02. The summed E-state index contributed by atoms with van der Waals surface area (Å²) >= 11 is 0. The summed E-state index contributed by atoms with van der Waals surface area (Å²) in [4.78, 5) is 2.46. The molecule has 0 bridgehead atoms. The van der Waals surface area contributed by atoms with Crippen molar-refractivity contribution in [2.24, 2.45) is 5.41 Å². The Kier molecular flexibility index (Phi) is 5.69. The van der Waals surface area contributed by atoms with Gasteiger partial charge >= 0.3 is 0 Å². The molecule has 1 saturated carbocycles. The van der Waals surface area contributed by atoms with E-state index in [1.54, 1.807) is 0 Å². The van der Waals surface area contributed by atoms with E-state index in [0.29, 0.717) is 11.5 Å². The van der Waals surface area contributed by atoms with Crippen LogP contribution in [0.3, 0.4) is 0 Å².